The van der Waals surface area contributed by atoms with Crippen molar-refractivity contribution in [2.24, 2.45) is 0 Å². The third-order valence-corrected chi connectivity index (χ3v) is 3.16. The third-order valence-electron chi connectivity index (χ3n) is 3.16. The van der Waals surface area contributed by atoms with Crippen molar-refractivity contribution in [3.63, 3.8) is 0 Å². The fourth-order valence-corrected chi connectivity index (χ4v) is 2.11. The molecule has 10 heteroatoms. The van der Waals surface area contributed by atoms with E-state index in [0.29, 0.717) is 0 Å². The van der Waals surface area contributed by atoms with E-state index < -0.39 is 23.6 Å². The molecule has 0 saturated carbocycles. The van der Waals surface area contributed by atoms with Crippen molar-refractivity contribution in [2.75, 3.05) is 21.3 Å². The lowest BCUT2D eigenvalue weighted by Gasteiger charge is -2.17. The van der Waals surface area contributed by atoms with Crippen LogP contribution in [0.3, 0.4) is 0 Å². The maximum Gasteiger partial charge on any atom is 0.387 e. The van der Waals surface area contributed by atoms with Crippen molar-refractivity contribution in [1.82, 2.24) is 15.1 Å². The lowest BCUT2D eigenvalue weighted by atomic mass is 10.2. The standard InChI is InChI=1S/C15H15F2N3O5/c1-18-13(22)10-11(21)12(23-2)14(24-3)20(19-10)8-6-4-5-7-9(8)25-15(16)17/h4-7,15H,1-3H3,(H,18,22). The summed E-state index contributed by atoms with van der Waals surface area (Å²) in [5.41, 5.74) is -1.27. The van der Waals surface area contributed by atoms with E-state index in [-0.39, 0.29) is 23.1 Å². The molecular formula is C15H15F2N3O5. The second-order valence-corrected chi connectivity index (χ2v) is 4.56. The lowest BCUT2D eigenvalue weighted by molar-refractivity contribution is -0.0499. The van der Waals surface area contributed by atoms with Gasteiger partial charge in [0.05, 0.1) is 14.2 Å². The molecule has 0 fully saturated rings. The van der Waals surface area contributed by atoms with E-state index in [1.54, 1.807) is 6.07 Å². The number of hydrogen-bond donors (Lipinski definition) is 1. The van der Waals surface area contributed by atoms with Gasteiger partial charge in [-0.25, -0.2) is 0 Å². The molecule has 1 aromatic carbocycles. The number of para-hydroxylation sites is 2. The molecule has 2 rings (SSSR count). The molecule has 8 nitrogen and oxygen atoms in total. The van der Waals surface area contributed by atoms with Crippen LogP contribution in [-0.4, -0.2) is 43.6 Å². The van der Waals surface area contributed by atoms with Crippen LogP contribution in [0, 0.1) is 0 Å². The molecule has 0 radical (unpaired) electrons. The number of halogens is 2. The highest BCUT2D eigenvalue weighted by Crippen LogP contribution is 2.31. The van der Waals surface area contributed by atoms with Gasteiger partial charge in [-0.05, 0) is 12.1 Å². The molecular weight excluding hydrogens is 340 g/mol. The van der Waals surface area contributed by atoms with Crippen LogP contribution in [0.15, 0.2) is 29.1 Å². The molecule has 0 bridgehead atoms. The predicted molar refractivity (Wildman–Crippen MR) is 83.0 cm³/mol. The Morgan fingerprint density at radius 3 is 2.48 bits per heavy atom. The van der Waals surface area contributed by atoms with Gasteiger partial charge in [0.15, 0.2) is 11.4 Å². The molecule has 1 heterocycles. The van der Waals surface area contributed by atoms with Crippen molar-refractivity contribution in [3.8, 4) is 23.1 Å². The first-order valence-corrected chi connectivity index (χ1v) is 6.96. The first-order chi connectivity index (χ1) is 11.9. The Morgan fingerprint density at radius 2 is 1.92 bits per heavy atom. The number of rotatable bonds is 6. The van der Waals surface area contributed by atoms with Gasteiger partial charge in [0.25, 0.3) is 17.2 Å². The van der Waals surface area contributed by atoms with Crippen LogP contribution in [0.1, 0.15) is 10.5 Å². The summed E-state index contributed by atoms with van der Waals surface area (Å²) < 4.78 is 40.9. The number of ether oxygens (including phenoxy) is 3. The number of alkyl halides is 2. The molecule has 0 aliphatic heterocycles. The van der Waals surface area contributed by atoms with E-state index in [4.69, 9.17) is 9.47 Å². The highest BCUT2D eigenvalue weighted by atomic mass is 19.3. The molecule has 0 spiro atoms. The summed E-state index contributed by atoms with van der Waals surface area (Å²) in [5.74, 6) is -1.47. The highest BCUT2D eigenvalue weighted by Gasteiger charge is 2.25. The zero-order chi connectivity index (χ0) is 18.6. The number of carbonyl (C=O) groups is 1. The number of methoxy groups -OCH3 is 2. The summed E-state index contributed by atoms with van der Waals surface area (Å²) in [7, 11) is 3.77. The quantitative estimate of drug-likeness (QED) is 0.838. The summed E-state index contributed by atoms with van der Waals surface area (Å²) in [6.07, 6.45) is 0. The summed E-state index contributed by atoms with van der Waals surface area (Å²) in [5, 5.41) is 6.20. The first-order valence-electron chi connectivity index (χ1n) is 6.96. The smallest absolute Gasteiger partial charge is 0.387 e. The molecule has 2 aromatic rings. The lowest BCUT2D eigenvalue weighted by Crippen LogP contribution is -2.30. The van der Waals surface area contributed by atoms with Gasteiger partial charge >= 0.3 is 6.61 Å². The van der Waals surface area contributed by atoms with Crippen LogP contribution in [-0.2, 0) is 0 Å². The minimum absolute atomic E-state index is 0.0307. The first kappa shape index (κ1) is 18.2. The van der Waals surface area contributed by atoms with Crippen LogP contribution in [0.4, 0.5) is 8.78 Å². The largest absolute Gasteiger partial charge is 0.488 e. The van der Waals surface area contributed by atoms with Crippen molar-refractivity contribution in [1.29, 1.82) is 0 Å². The van der Waals surface area contributed by atoms with E-state index in [9.17, 15) is 18.4 Å². The van der Waals surface area contributed by atoms with Gasteiger partial charge in [0.1, 0.15) is 5.69 Å². The zero-order valence-corrected chi connectivity index (χ0v) is 13.6. The molecule has 0 atom stereocenters. The second kappa shape index (κ2) is 7.60. The minimum atomic E-state index is -3.08. The number of carbonyl (C=O) groups excluding carboxylic acids is 1. The molecule has 25 heavy (non-hydrogen) atoms. The molecule has 1 aromatic heterocycles. The van der Waals surface area contributed by atoms with E-state index in [2.05, 4.69) is 15.2 Å². The maximum absolute atomic E-state index is 12.6. The second-order valence-electron chi connectivity index (χ2n) is 4.56. The number of benzene rings is 1. The van der Waals surface area contributed by atoms with Gasteiger partial charge in [-0.3, -0.25) is 9.59 Å². The Hall–Kier alpha value is -3.17. The summed E-state index contributed by atoms with van der Waals surface area (Å²) in [6, 6.07) is 5.71. The topological polar surface area (TPSA) is 91.7 Å². The molecule has 1 amide bonds. The summed E-state index contributed by atoms with van der Waals surface area (Å²) >= 11 is 0. The van der Waals surface area contributed by atoms with Gasteiger partial charge < -0.3 is 19.5 Å². The van der Waals surface area contributed by atoms with Crippen molar-refractivity contribution >= 4 is 5.91 Å². The fourth-order valence-electron chi connectivity index (χ4n) is 2.11. The molecule has 0 aliphatic carbocycles. The third kappa shape index (κ3) is 3.52. The minimum Gasteiger partial charge on any atom is -0.488 e. The number of nitrogens with one attached hydrogen (secondary N) is 1. The van der Waals surface area contributed by atoms with Crippen LogP contribution in [0.2, 0.25) is 0 Å². The van der Waals surface area contributed by atoms with Crippen molar-refractivity contribution < 1.29 is 27.8 Å². The van der Waals surface area contributed by atoms with Crippen LogP contribution in [0.25, 0.3) is 5.69 Å². The van der Waals surface area contributed by atoms with E-state index in [1.165, 1.54) is 39.5 Å². The van der Waals surface area contributed by atoms with Crippen molar-refractivity contribution in [3.05, 3.63) is 40.2 Å². The van der Waals surface area contributed by atoms with Gasteiger partial charge in [0, 0.05) is 7.05 Å². The Bertz CT molecular complexity index is 838. The number of aromatic nitrogens is 2. The van der Waals surface area contributed by atoms with E-state index in [0.717, 1.165) is 4.68 Å². The normalized spacial score (nSPS) is 10.5. The molecule has 0 unspecified atom stereocenters. The fraction of sp³-hybridized carbons (Fsp3) is 0.267. The van der Waals surface area contributed by atoms with Crippen LogP contribution in [0.5, 0.6) is 17.4 Å². The van der Waals surface area contributed by atoms with Gasteiger partial charge in [-0.1, -0.05) is 12.1 Å². The van der Waals surface area contributed by atoms with Gasteiger partial charge in [0.2, 0.25) is 5.75 Å². The Labute approximate surface area is 140 Å². The average molecular weight is 355 g/mol. The van der Waals surface area contributed by atoms with Gasteiger partial charge in [-0.15, -0.1) is 0 Å². The van der Waals surface area contributed by atoms with E-state index >= 15 is 0 Å². The monoisotopic (exact) mass is 355 g/mol. The van der Waals surface area contributed by atoms with Crippen molar-refractivity contribution in [2.45, 2.75) is 6.61 Å². The zero-order valence-electron chi connectivity index (χ0n) is 13.6. The average Bonchev–Trinajstić information content (AvgIpc) is 2.60. The summed E-state index contributed by atoms with van der Waals surface area (Å²) in [4.78, 5) is 24.2. The Balaban J connectivity index is 2.81. The SMILES string of the molecule is CNC(=O)c1nn(-c2ccccc2OC(F)F)c(OC)c(OC)c1=O. The Morgan fingerprint density at radius 1 is 1.24 bits per heavy atom. The number of hydrogen-bond acceptors (Lipinski definition) is 6. The highest BCUT2D eigenvalue weighted by molar-refractivity contribution is 5.92. The van der Waals surface area contributed by atoms with Crippen LogP contribution < -0.4 is 25.0 Å². The maximum atomic E-state index is 12.6. The molecule has 0 saturated heterocycles. The summed E-state index contributed by atoms with van der Waals surface area (Å²) in [6.45, 7) is -3.08. The molecule has 0 aliphatic rings. The number of amides is 1. The molecule has 134 valence electrons. The molecule has 1 N–H and O–H groups in total. The van der Waals surface area contributed by atoms with Gasteiger partial charge in [-0.2, -0.15) is 18.6 Å². The Kier molecular flexibility index (Phi) is 5.52. The predicted octanol–water partition coefficient (Wildman–Crippen LogP) is 1.21. The number of nitrogens with zero attached hydrogens (tertiary/aromatic N) is 2. The van der Waals surface area contributed by atoms with Crippen LogP contribution >= 0.6 is 0 Å². The van der Waals surface area contributed by atoms with E-state index in [1.807, 2.05) is 0 Å².